The molecule has 1 aliphatic rings. The molecule has 1 aromatic carbocycles. The number of hydrogen-bond donors (Lipinski definition) is 1. The summed E-state index contributed by atoms with van der Waals surface area (Å²) in [6.07, 6.45) is 6.08. The van der Waals surface area contributed by atoms with Crippen molar-refractivity contribution in [3.05, 3.63) is 58.6 Å². The molecule has 3 rings (SSSR count). The van der Waals surface area contributed by atoms with Crippen molar-refractivity contribution in [1.29, 1.82) is 0 Å². The molecule has 0 atom stereocenters. The van der Waals surface area contributed by atoms with Crippen LogP contribution in [-0.2, 0) is 6.54 Å². The van der Waals surface area contributed by atoms with Crippen LogP contribution in [-0.4, -0.2) is 16.0 Å². The summed E-state index contributed by atoms with van der Waals surface area (Å²) in [7, 11) is 0. The number of nitrogens with zero attached hydrogens (tertiary/aromatic N) is 2. The molecule has 2 aromatic rings. The van der Waals surface area contributed by atoms with Crippen LogP contribution >= 0.6 is 11.6 Å². The second-order valence-corrected chi connectivity index (χ2v) is 5.81. The van der Waals surface area contributed by atoms with Gasteiger partial charge in [0, 0.05) is 35.6 Å². The lowest BCUT2D eigenvalue weighted by atomic mass is 9.76. The maximum absolute atomic E-state index is 6.23. The summed E-state index contributed by atoms with van der Waals surface area (Å²) in [4.78, 5) is 8.41. The normalized spacial score (nSPS) is 21.5. The Labute approximate surface area is 124 Å². The van der Waals surface area contributed by atoms with Crippen molar-refractivity contribution in [3.63, 3.8) is 0 Å². The van der Waals surface area contributed by atoms with Gasteiger partial charge in [0.15, 0.2) is 0 Å². The Hall–Kier alpha value is -1.45. The van der Waals surface area contributed by atoms with E-state index in [1.165, 1.54) is 5.56 Å². The molecule has 0 unspecified atom stereocenters. The number of aryl methyl sites for hydroxylation is 1. The lowest BCUT2D eigenvalue weighted by Gasteiger charge is -2.36. The molecule has 4 heteroatoms. The molecule has 1 fully saturated rings. The van der Waals surface area contributed by atoms with E-state index >= 15 is 0 Å². The molecule has 0 amide bonds. The Bertz CT molecular complexity index is 577. The van der Waals surface area contributed by atoms with E-state index in [0.717, 1.165) is 35.8 Å². The van der Waals surface area contributed by atoms with Gasteiger partial charge < -0.3 is 5.32 Å². The second-order valence-electron chi connectivity index (χ2n) is 5.41. The number of benzene rings is 1. The topological polar surface area (TPSA) is 37.8 Å². The Balaban J connectivity index is 1.49. The van der Waals surface area contributed by atoms with Crippen LogP contribution in [0.5, 0.6) is 0 Å². The van der Waals surface area contributed by atoms with E-state index < -0.39 is 0 Å². The highest BCUT2D eigenvalue weighted by Gasteiger charge is 2.30. The molecule has 0 spiro atoms. The van der Waals surface area contributed by atoms with Crippen molar-refractivity contribution >= 4 is 11.6 Å². The van der Waals surface area contributed by atoms with Crippen LogP contribution in [0.25, 0.3) is 0 Å². The fourth-order valence-electron chi connectivity index (χ4n) is 2.62. The maximum Gasteiger partial charge on any atom is 0.125 e. The third kappa shape index (κ3) is 3.00. The van der Waals surface area contributed by atoms with Crippen LogP contribution in [0.4, 0.5) is 0 Å². The highest BCUT2D eigenvalue weighted by molar-refractivity contribution is 6.31. The highest BCUT2D eigenvalue weighted by atomic mass is 35.5. The fraction of sp³-hybridized carbons (Fsp3) is 0.375. The monoisotopic (exact) mass is 287 g/mol. The summed E-state index contributed by atoms with van der Waals surface area (Å²) in [5.74, 6) is 1.41. The average molecular weight is 288 g/mol. The van der Waals surface area contributed by atoms with Crippen molar-refractivity contribution in [3.8, 4) is 0 Å². The van der Waals surface area contributed by atoms with Crippen LogP contribution in [0.3, 0.4) is 0 Å². The molecule has 0 aliphatic heterocycles. The summed E-state index contributed by atoms with van der Waals surface area (Å²) in [6.45, 7) is 2.73. The molecule has 20 heavy (non-hydrogen) atoms. The van der Waals surface area contributed by atoms with E-state index in [9.17, 15) is 0 Å². The SMILES string of the molecule is Cc1ncc(CNC2CC(c3ccccc3Cl)C2)cn1. The molecule has 0 bridgehead atoms. The van der Waals surface area contributed by atoms with E-state index in [0.29, 0.717) is 12.0 Å². The molecule has 1 heterocycles. The number of halogens is 1. The molecule has 1 N–H and O–H groups in total. The number of aromatic nitrogens is 2. The molecule has 3 nitrogen and oxygen atoms in total. The maximum atomic E-state index is 6.23. The minimum absolute atomic E-state index is 0.567. The van der Waals surface area contributed by atoms with E-state index in [4.69, 9.17) is 11.6 Å². The zero-order valence-electron chi connectivity index (χ0n) is 11.5. The Morgan fingerprint density at radius 2 is 1.90 bits per heavy atom. The lowest BCUT2D eigenvalue weighted by Crippen LogP contribution is -2.39. The van der Waals surface area contributed by atoms with E-state index in [2.05, 4.69) is 27.4 Å². The molecule has 1 aromatic heterocycles. The van der Waals surface area contributed by atoms with Gasteiger partial charge in [-0.1, -0.05) is 29.8 Å². The summed E-state index contributed by atoms with van der Waals surface area (Å²) in [6, 6.07) is 8.72. The first-order chi connectivity index (χ1) is 9.72. The minimum atomic E-state index is 0.567. The molecule has 0 saturated heterocycles. The second kappa shape index (κ2) is 5.90. The zero-order chi connectivity index (χ0) is 13.9. The average Bonchev–Trinajstić information content (AvgIpc) is 2.41. The van der Waals surface area contributed by atoms with Crippen LogP contribution in [0.1, 0.15) is 35.7 Å². The molecule has 1 aliphatic carbocycles. The van der Waals surface area contributed by atoms with Crippen LogP contribution in [0.15, 0.2) is 36.7 Å². The van der Waals surface area contributed by atoms with Gasteiger partial charge in [-0.2, -0.15) is 0 Å². The largest absolute Gasteiger partial charge is 0.310 e. The summed E-state index contributed by atoms with van der Waals surface area (Å²) in [5, 5.41) is 4.44. The number of hydrogen-bond acceptors (Lipinski definition) is 3. The van der Waals surface area contributed by atoms with Gasteiger partial charge in [-0.15, -0.1) is 0 Å². The Morgan fingerprint density at radius 3 is 2.60 bits per heavy atom. The van der Waals surface area contributed by atoms with Crippen molar-refractivity contribution in [2.45, 2.75) is 38.3 Å². The van der Waals surface area contributed by atoms with Gasteiger partial charge >= 0.3 is 0 Å². The van der Waals surface area contributed by atoms with E-state index in [1.54, 1.807) is 0 Å². The van der Waals surface area contributed by atoms with Gasteiger partial charge in [0.2, 0.25) is 0 Å². The number of nitrogens with one attached hydrogen (secondary N) is 1. The summed E-state index contributed by atoms with van der Waals surface area (Å²) in [5.41, 5.74) is 2.42. The molecule has 104 valence electrons. The molecular formula is C16H18ClN3. The smallest absolute Gasteiger partial charge is 0.125 e. The van der Waals surface area contributed by atoms with Gasteiger partial charge in [-0.3, -0.25) is 0 Å². The Kier molecular flexibility index (Phi) is 3.99. The van der Waals surface area contributed by atoms with Gasteiger partial charge in [0.25, 0.3) is 0 Å². The molecule has 0 radical (unpaired) electrons. The van der Waals surface area contributed by atoms with Crippen LogP contribution in [0.2, 0.25) is 5.02 Å². The van der Waals surface area contributed by atoms with Crippen LogP contribution < -0.4 is 5.32 Å². The third-order valence-electron chi connectivity index (χ3n) is 3.91. The van der Waals surface area contributed by atoms with Crippen molar-refractivity contribution in [2.24, 2.45) is 0 Å². The van der Waals surface area contributed by atoms with Gasteiger partial charge in [-0.05, 0) is 37.3 Å². The first kappa shape index (κ1) is 13.5. The van der Waals surface area contributed by atoms with Crippen LogP contribution in [0, 0.1) is 6.92 Å². The van der Waals surface area contributed by atoms with E-state index in [-0.39, 0.29) is 0 Å². The Morgan fingerprint density at radius 1 is 1.20 bits per heavy atom. The third-order valence-corrected chi connectivity index (χ3v) is 4.26. The predicted octanol–water partition coefficient (Wildman–Crippen LogP) is 3.47. The predicted molar refractivity (Wildman–Crippen MR) is 80.8 cm³/mol. The summed E-state index contributed by atoms with van der Waals surface area (Å²) >= 11 is 6.23. The fourth-order valence-corrected chi connectivity index (χ4v) is 2.91. The summed E-state index contributed by atoms with van der Waals surface area (Å²) < 4.78 is 0. The quantitative estimate of drug-likeness (QED) is 0.935. The standard InChI is InChI=1S/C16H18ClN3/c1-11-18-8-12(9-19-11)10-20-14-6-13(7-14)15-4-2-3-5-16(15)17/h2-5,8-9,13-14,20H,6-7,10H2,1H3. The van der Waals surface area contributed by atoms with Crippen molar-refractivity contribution < 1.29 is 0 Å². The molecule has 1 saturated carbocycles. The van der Waals surface area contributed by atoms with Crippen molar-refractivity contribution in [1.82, 2.24) is 15.3 Å². The van der Waals surface area contributed by atoms with E-state index in [1.807, 2.05) is 31.5 Å². The highest BCUT2D eigenvalue weighted by Crippen LogP contribution is 2.39. The zero-order valence-corrected chi connectivity index (χ0v) is 12.3. The first-order valence-electron chi connectivity index (χ1n) is 6.97. The van der Waals surface area contributed by atoms with Gasteiger partial charge in [0.05, 0.1) is 0 Å². The van der Waals surface area contributed by atoms with Crippen molar-refractivity contribution in [2.75, 3.05) is 0 Å². The van der Waals surface area contributed by atoms with Gasteiger partial charge in [0.1, 0.15) is 5.82 Å². The van der Waals surface area contributed by atoms with Gasteiger partial charge in [-0.25, -0.2) is 9.97 Å². The minimum Gasteiger partial charge on any atom is -0.310 e. The lowest BCUT2D eigenvalue weighted by molar-refractivity contribution is 0.289. The number of rotatable bonds is 4. The molecular weight excluding hydrogens is 270 g/mol. The first-order valence-corrected chi connectivity index (χ1v) is 7.35.